The fraction of sp³-hybridized carbons (Fsp3) is 0.700. The van der Waals surface area contributed by atoms with Crippen LogP contribution in [0.2, 0.25) is 13.1 Å². The maximum Gasteiger partial charge on any atom is 0.0678 e. The molecule has 1 fully saturated rings. The Balaban J connectivity index is 2.10. The zero-order valence-corrected chi connectivity index (χ0v) is 17.3. The summed E-state index contributed by atoms with van der Waals surface area (Å²) in [5, 5.41) is 0. The van der Waals surface area contributed by atoms with E-state index >= 15 is 0 Å². The first-order valence-corrected chi connectivity index (χ1v) is 12.1. The van der Waals surface area contributed by atoms with Gasteiger partial charge in [0.1, 0.15) is 0 Å². The van der Waals surface area contributed by atoms with Crippen LogP contribution >= 0.6 is 0 Å². The van der Waals surface area contributed by atoms with Crippen LogP contribution in [0.3, 0.4) is 0 Å². The van der Waals surface area contributed by atoms with Gasteiger partial charge in [0.15, 0.2) is 0 Å². The molecule has 1 heterocycles. The first-order chi connectivity index (χ1) is 10.7. The van der Waals surface area contributed by atoms with Gasteiger partial charge >= 0.3 is 0 Å². The number of morpholine rings is 1. The molecule has 0 aliphatic carbocycles. The monoisotopic (exact) mass is 333 g/mol. The minimum atomic E-state index is -0.759. The Morgan fingerprint density at radius 1 is 1.09 bits per heavy atom. The summed E-state index contributed by atoms with van der Waals surface area (Å²) in [5.41, 5.74) is 3.87. The molecule has 1 aromatic carbocycles. The summed E-state index contributed by atoms with van der Waals surface area (Å²) < 4.78 is 5.92. The Morgan fingerprint density at radius 2 is 1.61 bits per heavy atom. The van der Waals surface area contributed by atoms with E-state index in [0.717, 1.165) is 18.8 Å². The van der Waals surface area contributed by atoms with Crippen LogP contribution in [0.5, 0.6) is 0 Å². The van der Waals surface area contributed by atoms with E-state index < -0.39 is 8.80 Å². The van der Waals surface area contributed by atoms with Gasteiger partial charge in [-0.15, -0.1) is 0 Å². The van der Waals surface area contributed by atoms with Crippen molar-refractivity contribution in [1.82, 2.24) is 4.90 Å². The van der Waals surface area contributed by atoms with Gasteiger partial charge in [-0.05, 0) is 36.8 Å². The van der Waals surface area contributed by atoms with Crippen LogP contribution in [0.15, 0.2) is 24.3 Å². The van der Waals surface area contributed by atoms with Crippen molar-refractivity contribution in [3.63, 3.8) is 0 Å². The summed E-state index contributed by atoms with van der Waals surface area (Å²) in [6.07, 6.45) is 1.91. The second-order valence-electron chi connectivity index (χ2n) is 8.67. The molecule has 0 saturated carbocycles. The zero-order valence-electron chi connectivity index (χ0n) is 16.1. The highest BCUT2D eigenvalue weighted by atomic mass is 28.3. The van der Waals surface area contributed by atoms with Gasteiger partial charge in [0, 0.05) is 18.8 Å². The smallest absolute Gasteiger partial charge is 0.0678 e. The van der Waals surface area contributed by atoms with E-state index in [4.69, 9.17) is 4.74 Å². The Kier molecular flexibility index (Phi) is 6.09. The predicted molar refractivity (Wildman–Crippen MR) is 103 cm³/mol. The Labute approximate surface area is 144 Å². The van der Waals surface area contributed by atoms with Crippen molar-refractivity contribution >= 4 is 8.80 Å². The summed E-state index contributed by atoms with van der Waals surface area (Å²) in [6.45, 7) is 18.4. The van der Waals surface area contributed by atoms with E-state index in [9.17, 15) is 0 Å². The van der Waals surface area contributed by atoms with Gasteiger partial charge in [-0.25, -0.2) is 0 Å². The molecule has 1 saturated heterocycles. The Morgan fingerprint density at radius 3 is 2.04 bits per heavy atom. The topological polar surface area (TPSA) is 12.5 Å². The first-order valence-electron chi connectivity index (χ1n) is 9.15. The Hall–Kier alpha value is -0.643. The lowest BCUT2D eigenvalue weighted by molar-refractivity contribution is -0.0725. The molecular weight excluding hydrogens is 298 g/mol. The zero-order chi connectivity index (χ0) is 17.2. The molecule has 0 bridgehead atoms. The van der Waals surface area contributed by atoms with Gasteiger partial charge < -0.3 is 4.74 Å². The summed E-state index contributed by atoms with van der Waals surface area (Å²) >= 11 is 0. The minimum absolute atomic E-state index is 0.236. The van der Waals surface area contributed by atoms with Crippen LogP contribution in [-0.2, 0) is 16.6 Å². The molecule has 1 aliphatic rings. The molecule has 1 aromatic rings. The molecule has 3 unspecified atom stereocenters. The highest BCUT2D eigenvalue weighted by molar-refractivity contribution is 6.57. The quantitative estimate of drug-likeness (QED) is 0.771. The van der Waals surface area contributed by atoms with Crippen molar-refractivity contribution in [1.29, 1.82) is 0 Å². The number of rotatable bonds is 4. The molecule has 3 atom stereocenters. The van der Waals surface area contributed by atoms with Crippen molar-refractivity contribution in [2.24, 2.45) is 0 Å². The highest BCUT2D eigenvalue weighted by Crippen LogP contribution is 2.24. The van der Waals surface area contributed by atoms with Gasteiger partial charge in [0.05, 0.1) is 21.0 Å². The van der Waals surface area contributed by atoms with Gasteiger partial charge in [-0.1, -0.05) is 58.1 Å². The molecule has 3 heteroatoms. The average Bonchev–Trinajstić information content (AvgIpc) is 2.42. The minimum Gasteiger partial charge on any atom is -0.373 e. The molecule has 2 rings (SSSR count). The fourth-order valence-electron chi connectivity index (χ4n) is 3.66. The highest BCUT2D eigenvalue weighted by Gasteiger charge is 2.30. The number of hydrogen-bond donors (Lipinski definition) is 0. The lowest BCUT2D eigenvalue weighted by Crippen LogP contribution is -2.54. The van der Waals surface area contributed by atoms with E-state index in [1.807, 2.05) is 0 Å². The van der Waals surface area contributed by atoms with Crippen LogP contribution in [0.1, 0.15) is 45.7 Å². The van der Waals surface area contributed by atoms with E-state index in [0.29, 0.717) is 12.2 Å². The molecule has 0 radical (unpaired) electrons. The number of benzene rings is 1. The van der Waals surface area contributed by atoms with E-state index in [1.165, 1.54) is 17.5 Å². The first kappa shape index (κ1) is 18.7. The maximum absolute atomic E-state index is 5.92. The number of nitrogens with zero attached hydrogens (tertiary/aromatic N) is 1. The molecule has 1 aliphatic heterocycles. The van der Waals surface area contributed by atoms with Crippen molar-refractivity contribution < 1.29 is 4.74 Å². The number of hydrogen-bond acceptors (Lipinski definition) is 2. The third-order valence-electron chi connectivity index (χ3n) is 4.95. The second kappa shape index (κ2) is 7.50. The molecule has 0 aromatic heterocycles. The molecular formula is C20H35NOSi. The predicted octanol–water partition coefficient (Wildman–Crippen LogP) is 4.03. The van der Waals surface area contributed by atoms with Crippen molar-refractivity contribution in [2.75, 3.05) is 13.1 Å². The summed E-state index contributed by atoms with van der Waals surface area (Å²) in [6, 6.07) is 9.33. The van der Waals surface area contributed by atoms with Gasteiger partial charge in [-0.3, -0.25) is 4.90 Å². The molecule has 0 amide bonds. The second-order valence-corrected chi connectivity index (χ2v) is 11.9. The summed E-state index contributed by atoms with van der Waals surface area (Å²) in [5.74, 6) is 0. The van der Waals surface area contributed by atoms with E-state index in [2.05, 4.69) is 76.9 Å². The van der Waals surface area contributed by atoms with Crippen molar-refractivity contribution in [3.8, 4) is 0 Å². The van der Waals surface area contributed by atoms with Gasteiger partial charge in [-0.2, -0.15) is 0 Å². The lowest BCUT2D eigenvalue weighted by Gasteiger charge is -2.42. The van der Waals surface area contributed by atoms with Gasteiger partial charge in [0.2, 0.25) is 0 Å². The van der Waals surface area contributed by atoms with E-state index in [-0.39, 0.29) is 5.41 Å². The summed E-state index contributed by atoms with van der Waals surface area (Å²) in [4.78, 5) is 2.70. The molecule has 0 N–H and O–H groups in total. The third-order valence-corrected chi connectivity index (χ3v) is 7.15. The van der Waals surface area contributed by atoms with E-state index in [1.54, 1.807) is 0 Å². The number of ether oxygens (including phenoxy) is 1. The molecule has 23 heavy (non-hydrogen) atoms. The van der Waals surface area contributed by atoms with Crippen LogP contribution in [-0.4, -0.2) is 44.7 Å². The molecule has 130 valence electrons. The normalized spacial score (nSPS) is 24.9. The van der Waals surface area contributed by atoms with Crippen molar-refractivity contribution in [3.05, 3.63) is 35.4 Å². The van der Waals surface area contributed by atoms with Crippen LogP contribution < -0.4 is 0 Å². The van der Waals surface area contributed by atoms with Crippen LogP contribution in [0.4, 0.5) is 0 Å². The fourth-order valence-corrected chi connectivity index (χ4v) is 5.49. The standard InChI is InChI=1S/C20H35NOSi/c1-15-13-21(14-16(2)22-15)19(23(6)7)12-17-8-10-18(11-9-17)20(3,4)5/h8-11,15-16,19,23H,12-14H2,1-7H3. The third kappa shape index (κ3) is 5.17. The van der Waals surface area contributed by atoms with Crippen LogP contribution in [0, 0.1) is 0 Å². The SMILES string of the molecule is CC1CN(C(Cc2ccc(C(C)(C)C)cc2)[SiH](C)C)CC(C)O1. The molecule has 0 spiro atoms. The Bertz CT molecular complexity index is 481. The average molecular weight is 334 g/mol. The lowest BCUT2D eigenvalue weighted by atomic mass is 9.86. The van der Waals surface area contributed by atoms with Gasteiger partial charge in [0.25, 0.3) is 0 Å². The van der Waals surface area contributed by atoms with Crippen molar-refractivity contribution in [2.45, 2.75) is 77.4 Å². The largest absolute Gasteiger partial charge is 0.373 e. The molecule has 2 nitrogen and oxygen atoms in total. The summed E-state index contributed by atoms with van der Waals surface area (Å²) in [7, 11) is -0.759. The maximum atomic E-state index is 5.92. The van der Waals surface area contributed by atoms with Crippen LogP contribution in [0.25, 0.3) is 0 Å².